The third-order valence-electron chi connectivity index (χ3n) is 3.95. The zero-order chi connectivity index (χ0) is 18.8. The highest BCUT2D eigenvalue weighted by Crippen LogP contribution is 2.32. The summed E-state index contributed by atoms with van der Waals surface area (Å²) in [6.45, 7) is 1.62. The molecule has 0 saturated heterocycles. The minimum Gasteiger partial charge on any atom is -0.387 e. The van der Waals surface area contributed by atoms with Crippen LogP contribution < -0.4 is 4.74 Å². The topological polar surface area (TPSA) is 78.4 Å². The number of halogens is 1. The maximum atomic E-state index is 12.7. The lowest BCUT2D eigenvalue weighted by molar-refractivity contribution is 0.0679. The molecule has 0 spiro atoms. The molecule has 2 heterocycles. The second-order valence-electron chi connectivity index (χ2n) is 5.73. The molecule has 2 aromatic heterocycles. The number of carbonyl (C=O) groups excluding carboxylic acids is 1. The first kappa shape index (κ1) is 17.1. The van der Waals surface area contributed by atoms with Gasteiger partial charge in [0.1, 0.15) is 22.7 Å². The van der Waals surface area contributed by atoms with Crippen LogP contribution in [0.1, 0.15) is 16.1 Å². The number of benzene rings is 2. The number of nitrogens with zero attached hydrogens (tertiary/aromatic N) is 2. The minimum absolute atomic E-state index is 0.0236. The van der Waals surface area contributed by atoms with Gasteiger partial charge in [0, 0.05) is 11.1 Å². The summed E-state index contributed by atoms with van der Waals surface area (Å²) >= 11 is 6.21. The summed E-state index contributed by atoms with van der Waals surface area (Å²) in [6.07, 6.45) is 0. The molecule has 0 fully saturated rings. The van der Waals surface area contributed by atoms with E-state index in [9.17, 15) is 4.79 Å². The van der Waals surface area contributed by atoms with Crippen LogP contribution >= 0.6 is 11.6 Å². The van der Waals surface area contributed by atoms with E-state index in [4.69, 9.17) is 25.4 Å². The van der Waals surface area contributed by atoms with E-state index in [1.165, 1.54) is 0 Å². The van der Waals surface area contributed by atoms with Gasteiger partial charge in [-0.25, -0.2) is 4.79 Å². The Balaban J connectivity index is 1.63. The van der Waals surface area contributed by atoms with Crippen molar-refractivity contribution in [3.63, 3.8) is 0 Å². The predicted molar refractivity (Wildman–Crippen MR) is 98.6 cm³/mol. The van der Waals surface area contributed by atoms with Crippen molar-refractivity contribution in [2.24, 2.45) is 0 Å². The summed E-state index contributed by atoms with van der Waals surface area (Å²) in [5, 5.41) is 8.33. The van der Waals surface area contributed by atoms with Gasteiger partial charge >= 0.3 is 11.9 Å². The Morgan fingerprint density at radius 2 is 1.74 bits per heavy atom. The predicted octanol–water partition coefficient (Wildman–Crippen LogP) is 5.18. The summed E-state index contributed by atoms with van der Waals surface area (Å²) in [5.74, 6) is -0.373. The zero-order valence-electron chi connectivity index (χ0n) is 14.2. The van der Waals surface area contributed by atoms with Crippen molar-refractivity contribution in [3.05, 3.63) is 77.0 Å². The van der Waals surface area contributed by atoms with Crippen molar-refractivity contribution in [1.82, 2.24) is 10.3 Å². The molecule has 134 valence electrons. The first-order valence-electron chi connectivity index (χ1n) is 8.09. The van der Waals surface area contributed by atoms with E-state index in [1.807, 2.05) is 30.3 Å². The monoisotopic (exact) mass is 380 g/mol. The number of ether oxygens (including phenoxy) is 1. The minimum atomic E-state index is -0.667. The van der Waals surface area contributed by atoms with Crippen LogP contribution in [0, 0.1) is 6.92 Å². The van der Waals surface area contributed by atoms with Gasteiger partial charge in [-0.2, -0.15) is 0 Å². The molecule has 0 unspecified atom stereocenters. The van der Waals surface area contributed by atoms with E-state index in [0.717, 1.165) is 5.56 Å². The van der Waals surface area contributed by atoms with Crippen LogP contribution in [0.5, 0.6) is 5.95 Å². The highest BCUT2D eigenvalue weighted by atomic mass is 35.5. The Bertz CT molecular complexity index is 1100. The molecular formula is C20H13ClN2O4. The summed E-state index contributed by atoms with van der Waals surface area (Å²) in [6, 6.07) is 18.0. The second kappa shape index (κ2) is 7.09. The standard InChI is InChI=1S/C20H13ClN2O4/c1-12-18(19(23-26-12)14-9-5-6-10-15(14)21)20(24)25-17-11-16(22-27-17)13-7-3-2-4-8-13/h2-11H,1H3. The highest BCUT2D eigenvalue weighted by Gasteiger charge is 2.26. The quantitative estimate of drug-likeness (QED) is 0.454. The van der Waals surface area contributed by atoms with Gasteiger partial charge in [0.15, 0.2) is 0 Å². The second-order valence-corrected chi connectivity index (χ2v) is 6.14. The molecule has 7 heteroatoms. The van der Waals surface area contributed by atoms with Gasteiger partial charge in [0.2, 0.25) is 0 Å². The summed E-state index contributed by atoms with van der Waals surface area (Å²) in [4.78, 5) is 12.7. The Kier molecular flexibility index (Phi) is 4.48. The van der Waals surface area contributed by atoms with Gasteiger partial charge in [-0.3, -0.25) is 0 Å². The van der Waals surface area contributed by atoms with Crippen LogP contribution in [0.2, 0.25) is 5.02 Å². The van der Waals surface area contributed by atoms with Gasteiger partial charge < -0.3 is 13.8 Å². The Hall–Kier alpha value is -3.38. The molecule has 4 rings (SSSR count). The largest absolute Gasteiger partial charge is 0.387 e. The third-order valence-corrected chi connectivity index (χ3v) is 4.28. The molecule has 0 aliphatic rings. The van der Waals surface area contributed by atoms with Crippen molar-refractivity contribution in [1.29, 1.82) is 0 Å². The summed E-state index contributed by atoms with van der Waals surface area (Å²) in [5.41, 5.74) is 2.48. The average molecular weight is 381 g/mol. The van der Waals surface area contributed by atoms with Gasteiger partial charge in [-0.15, -0.1) is 0 Å². The zero-order valence-corrected chi connectivity index (χ0v) is 14.9. The van der Waals surface area contributed by atoms with Crippen LogP contribution in [-0.4, -0.2) is 16.3 Å². The Morgan fingerprint density at radius 3 is 2.52 bits per heavy atom. The first-order valence-corrected chi connectivity index (χ1v) is 8.47. The van der Waals surface area contributed by atoms with Crippen LogP contribution in [0.4, 0.5) is 0 Å². The Morgan fingerprint density at radius 1 is 1.00 bits per heavy atom. The number of rotatable bonds is 4. The van der Waals surface area contributed by atoms with Crippen LogP contribution in [0.3, 0.4) is 0 Å². The van der Waals surface area contributed by atoms with Crippen molar-refractivity contribution < 1.29 is 18.6 Å². The molecular weight excluding hydrogens is 368 g/mol. The molecule has 2 aromatic carbocycles. The molecule has 27 heavy (non-hydrogen) atoms. The van der Waals surface area contributed by atoms with Crippen molar-refractivity contribution in [2.45, 2.75) is 6.92 Å². The van der Waals surface area contributed by atoms with Crippen molar-refractivity contribution >= 4 is 17.6 Å². The third kappa shape index (κ3) is 3.35. The fraction of sp³-hybridized carbons (Fsp3) is 0.0500. The summed E-state index contributed by atoms with van der Waals surface area (Å²) in [7, 11) is 0. The van der Waals surface area contributed by atoms with E-state index >= 15 is 0 Å². The molecule has 0 aliphatic carbocycles. The van der Waals surface area contributed by atoms with E-state index in [1.54, 1.807) is 37.3 Å². The molecule has 0 radical (unpaired) electrons. The summed E-state index contributed by atoms with van der Waals surface area (Å²) < 4.78 is 15.6. The Labute approximate surface area is 159 Å². The first-order chi connectivity index (χ1) is 13.1. The number of esters is 1. The molecule has 0 aliphatic heterocycles. The van der Waals surface area contributed by atoms with Crippen LogP contribution in [0.15, 0.2) is 69.7 Å². The van der Waals surface area contributed by atoms with Crippen LogP contribution in [0.25, 0.3) is 22.5 Å². The fourth-order valence-corrected chi connectivity index (χ4v) is 2.87. The number of carbonyl (C=O) groups is 1. The van der Waals surface area contributed by atoms with Gasteiger partial charge in [0.25, 0.3) is 0 Å². The number of hydrogen-bond donors (Lipinski definition) is 0. The lowest BCUT2D eigenvalue weighted by Gasteiger charge is -2.03. The lowest BCUT2D eigenvalue weighted by Crippen LogP contribution is -2.10. The van der Waals surface area contributed by atoms with E-state index in [-0.39, 0.29) is 11.5 Å². The van der Waals surface area contributed by atoms with E-state index < -0.39 is 5.97 Å². The smallest absolute Gasteiger partial charge is 0.351 e. The molecule has 4 aromatic rings. The molecule has 0 saturated carbocycles. The van der Waals surface area contributed by atoms with Crippen molar-refractivity contribution in [3.8, 4) is 28.5 Å². The maximum Gasteiger partial charge on any atom is 0.351 e. The number of aryl methyl sites for hydroxylation is 1. The van der Waals surface area contributed by atoms with Crippen molar-refractivity contribution in [2.75, 3.05) is 0 Å². The average Bonchev–Trinajstić information content (AvgIpc) is 3.29. The fourth-order valence-electron chi connectivity index (χ4n) is 2.64. The molecule has 0 N–H and O–H groups in total. The van der Waals surface area contributed by atoms with Gasteiger partial charge in [0.05, 0.1) is 11.1 Å². The molecule has 0 atom stereocenters. The number of aromatic nitrogens is 2. The SMILES string of the molecule is Cc1onc(-c2ccccc2Cl)c1C(=O)Oc1cc(-c2ccccc2)no1. The highest BCUT2D eigenvalue weighted by molar-refractivity contribution is 6.33. The lowest BCUT2D eigenvalue weighted by atomic mass is 10.1. The van der Waals surface area contributed by atoms with E-state index in [2.05, 4.69) is 10.3 Å². The maximum absolute atomic E-state index is 12.7. The van der Waals surface area contributed by atoms with E-state index in [0.29, 0.717) is 27.7 Å². The molecule has 0 amide bonds. The molecule has 6 nitrogen and oxygen atoms in total. The molecule has 0 bridgehead atoms. The number of hydrogen-bond acceptors (Lipinski definition) is 6. The van der Waals surface area contributed by atoms with Crippen LogP contribution in [-0.2, 0) is 0 Å². The van der Waals surface area contributed by atoms with Gasteiger partial charge in [-0.1, -0.05) is 70.4 Å². The normalized spacial score (nSPS) is 10.7. The van der Waals surface area contributed by atoms with Gasteiger partial charge in [-0.05, 0) is 13.0 Å².